The van der Waals surface area contributed by atoms with E-state index in [0.717, 1.165) is 6.42 Å². The van der Waals surface area contributed by atoms with Crippen molar-refractivity contribution in [3.8, 4) is 5.88 Å². The van der Waals surface area contributed by atoms with Gasteiger partial charge < -0.3 is 9.64 Å². The SMILES string of the molecule is O=C(c1cccnc1)N1CC[C@@H](Oc2ccncn2)C1. The summed E-state index contributed by atoms with van der Waals surface area (Å²) in [5.74, 6) is 0.535. The van der Waals surface area contributed by atoms with Crippen molar-refractivity contribution in [3.63, 3.8) is 0 Å². The van der Waals surface area contributed by atoms with Crippen LogP contribution < -0.4 is 4.74 Å². The molecule has 20 heavy (non-hydrogen) atoms. The van der Waals surface area contributed by atoms with Crippen LogP contribution in [-0.4, -0.2) is 45.0 Å². The third-order valence-electron chi connectivity index (χ3n) is 3.18. The molecule has 0 aliphatic carbocycles. The van der Waals surface area contributed by atoms with E-state index in [4.69, 9.17) is 4.74 Å². The monoisotopic (exact) mass is 270 g/mol. The number of hydrogen-bond donors (Lipinski definition) is 0. The Morgan fingerprint density at radius 2 is 2.25 bits per heavy atom. The third kappa shape index (κ3) is 2.74. The van der Waals surface area contributed by atoms with Crippen molar-refractivity contribution in [1.29, 1.82) is 0 Å². The molecule has 1 aliphatic rings. The van der Waals surface area contributed by atoms with Crippen molar-refractivity contribution in [2.24, 2.45) is 0 Å². The second-order valence-corrected chi connectivity index (χ2v) is 4.57. The predicted octanol–water partition coefficient (Wildman–Crippen LogP) is 1.17. The van der Waals surface area contributed by atoms with Gasteiger partial charge in [0.2, 0.25) is 5.88 Å². The van der Waals surface area contributed by atoms with Crippen molar-refractivity contribution in [1.82, 2.24) is 19.9 Å². The quantitative estimate of drug-likeness (QED) is 0.837. The standard InChI is InChI=1S/C14H14N4O2/c19-14(11-2-1-5-15-8-11)18-7-4-12(9-18)20-13-3-6-16-10-17-13/h1-3,5-6,8,10,12H,4,7,9H2/t12-/m1/s1. The van der Waals surface area contributed by atoms with E-state index in [1.807, 2.05) is 0 Å². The van der Waals surface area contributed by atoms with Gasteiger partial charge in [0.05, 0.1) is 12.1 Å². The van der Waals surface area contributed by atoms with Crippen LogP contribution in [0.5, 0.6) is 5.88 Å². The Labute approximate surface area is 116 Å². The predicted molar refractivity (Wildman–Crippen MR) is 71.2 cm³/mol. The average Bonchev–Trinajstić information content (AvgIpc) is 2.97. The molecule has 1 atom stereocenters. The zero-order valence-corrected chi connectivity index (χ0v) is 10.8. The number of aromatic nitrogens is 3. The summed E-state index contributed by atoms with van der Waals surface area (Å²) < 4.78 is 5.73. The molecule has 1 fully saturated rings. The summed E-state index contributed by atoms with van der Waals surface area (Å²) in [6.07, 6.45) is 7.10. The van der Waals surface area contributed by atoms with Crippen molar-refractivity contribution in [2.45, 2.75) is 12.5 Å². The number of hydrogen-bond acceptors (Lipinski definition) is 5. The van der Waals surface area contributed by atoms with Crippen LogP contribution in [-0.2, 0) is 0 Å². The van der Waals surface area contributed by atoms with Crippen LogP contribution in [0.1, 0.15) is 16.8 Å². The highest BCUT2D eigenvalue weighted by Gasteiger charge is 2.28. The lowest BCUT2D eigenvalue weighted by atomic mass is 10.2. The molecule has 1 saturated heterocycles. The highest BCUT2D eigenvalue weighted by Crippen LogP contribution is 2.17. The zero-order valence-electron chi connectivity index (χ0n) is 10.8. The minimum absolute atomic E-state index is 0.00751. The lowest BCUT2D eigenvalue weighted by Gasteiger charge is -2.16. The Balaban J connectivity index is 1.61. The topological polar surface area (TPSA) is 68.2 Å². The molecular weight excluding hydrogens is 256 g/mol. The molecule has 1 aliphatic heterocycles. The van der Waals surface area contributed by atoms with Gasteiger partial charge in [0, 0.05) is 37.6 Å². The van der Waals surface area contributed by atoms with E-state index in [0.29, 0.717) is 24.5 Å². The van der Waals surface area contributed by atoms with Crippen molar-refractivity contribution in [3.05, 3.63) is 48.7 Å². The third-order valence-corrected chi connectivity index (χ3v) is 3.18. The van der Waals surface area contributed by atoms with Crippen LogP contribution in [0.15, 0.2) is 43.1 Å². The van der Waals surface area contributed by atoms with Crippen LogP contribution in [0.3, 0.4) is 0 Å². The molecule has 0 aromatic carbocycles. The first-order chi connectivity index (χ1) is 9.83. The van der Waals surface area contributed by atoms with Gasteiger partial charge in [0.25, 0.3) is 5.91 Å². The van der Waals surface area contributed by atoms with Crippen LogP contribution in [0, 0.1) is 0 Å². The summed E-state index contributed by atoms with van der Waals surface area (Å²) in [7, 11) is 0. The summed E-state index contributed by atoms with van der Waals surface area (Å²) >= 11 is 0. The van der Waals surface area contributed by atoms with Gasteiger partial charge in [-0.3, -0.25) is 9.78 Å². The Bertz CT molecular complexity index is 576. The number of carbonyl (C=O) groups excluding carboxylic acids is 1. The molecular formula is C14H14N4O2. The lowest BCUT2D eigenvalue weighted by molar-refractivity contribution is 0.0770. The van der Waals surface area contributed by atoms with E-state index in [9.17, 15) is 4.79 Å². The number of likely N-dealkylation sites (tertiary alicyclic amines) is 1. The average molecular weight is 270 g/mol. The number of carbonyl (C=O) groups is 1. The number of ether oxygens (including phenoxy) is 1. The normalized spacial score (nSPS) is 18.0. The fourth-order valence-electron chi connectivity index (χ4n) is 2.20. The summed E-state index contributed by atoms with van der Waals surface area (Å²) in [6.45, 7) is 1.25. The minimum atomic E-state index is -0.0227. The van der Waals surface area contributed by atoms with Gasteiger partial charge in [-0.2, -0.15) is 0 Å². The summed E-state index contributed by atoms with van der Waals surface area (Å²) in [6, 6.07) is 5.25. The summed E-state index contributed by atoms with van der Waals surface area (Å²) in [4.78, 5) is 25.9. The Morgan fingerprint density at radius 1 is 1.30 bits per heavy atom. The van der Waals surface area contributed by atoms with Gasteiger partial charge in [0.15, 0.2) is 0 Å². The highest BCUT2D eigenvalue weighted by molar-refractivity contribution is 5.94. The number of pyridine rings is 1. The van der Waals surface area contributed by atoms with Crippen molar-refractivity contribution < 1.29 is 9.53 Å². The molecule has 0 N–H and O–H groups in total. The minimum Gasteiger partial charge on any atom is -0.472 e. The van der Waals surface area contributed by atoms with E-state index in [1.54, 1.807) is 41.7 Å². The van der Waals surface area contributed by atoms with E-state index in [2.05, 4.69) is 15.0 Å². The fraction of sp³-hybridized carbons (Fsp3) is 0.286. The number of rotatable bonds is 3. The van der Waals surface area contributed by atoms with Gasteiger partial charge in [-0.05, 0) is 12.1 Å². The molecule has 0 unspecified atom stereocenters. The van der Waals surface area contributed by atoms with Gasteiger partial charge in [-0.25, -0.2) is 9.97 Å². The van der Waals surface area contributed by atoms with Gasteiger partial charge >= 0.3 is 0 Å². The van der Waals surface area contributed by atoms with Crippen LogP contribution in [0.4, 0.5) is 0 Å². The van der Waals surface area contributed by atoms with Crippen LogP contribution in [0.2, 0.25) is 0 Å². The Hall–Kier alpha value is -2.50. The largest absolute Gasteiger partial charge is 0.472 e. The maximum Gasteiger partial charge on any atom is 0.255 e. The molecule has 102 valence electrons. The first-order valence-electron chi connectivity index (χ1n) is 6.45. The van der Waals surface area contributed by atoms with E-state index < -0.39 is 0 Å². The number of amides is 1. The maximum absolute atomic E-state index is 12.2. The molecule has 3 heterocycles. The molecule has 0 saturated carbocycles. The molecule has 0 spiro atoms. The van der Waals surface area contributed by atoms with E-state index in [-0.39, 0.29) is 12.0 Å². The Morgan fingerprint density at radius 3 is 3.00 bits per heavy atom. The summed E-state index contributed by atoms with van der Waals surface area (Å²) in [5, 5.41) is 0. The van der Waals surface area contributed by atoms with Crippen molar-refractivity contribution >= 4 is 5.91 Å². The molecule has 3 rings (SSSR count). The molecule has 0 bridgehead atoms. The van der Waals surface area contributed by atoms with Gasteiger partial charge in [-0.15, -0.1) is 0 Å². The lowest BCUT2D eigenvalue weighted by Crippen LogP contribution is -2.31. The highest BCUT2D eigenvalue weighted by atomic mass is 16.5. The van der Waals surface area contributed by atoms with Crippen molar-refractivity contribution in [2.75, 3.05) is 13.1 Å². The molecule has 6 nitrogen and oxygen atoms in total. The molecule has 6 heteroatoms. The summed E-state index contributed by atoms with van der Waals surface area (Å²) in [5.41, 5.74) is 0.607. The smallest absolute Gasteiger partial charge is 0.255 e. The van der Waals surface area contributed by atoms with E-state index >= 15 is 0 Å². The Kier molecular flexibility index (Phi) is 3.54. The number of nitrogens with zero attached hydrogens (tertiary/aromatic N) is 4. The van der Waals surface area contributed by atoms with Crippen LogP contribution >= 0.6 is 0 Å². The van der Waals surface area contributed by atoms with Crippen LogP contribution in [0.25, 0.3) is 0 Å². The van der Waals surface area contributed by atoms with E-state index in [1.165, 1.54) is 6.33 Å². The second-order valence-electron chi connectivity index (χ2n) is 4.57. The molecule has 1 amide bonds. The second kappa shape index (κ2) is 5.64. The van der Waals surface area contributed by atoms with Gasteiger partial charge in [0.1, 0.15) is 12.4 Å². The first kappa shape index (κ1) is 12.5. The maximum atomic E-state index is 12.2. The molecule has 2 aromatic heterocycles. The molecule has 2 aromatic rings. The zero-order chi connectivity index (χ0) is 13.8. The van der Waals surface area contributed by atoms with Gasteiger partial charge in [-0.1, -0.05) is 0 Å². The fourth-order valence-corrected chi connectivity index (χ4v) is 2.20. The molecule has 0 radical (unpaired) electrons. The first-order valence-corrected chi connectivity index (χ1v) is 6.45.